The van der Waals surface area contributed by atoms with Gasteiger partial charge in [-0.25, -0.2) is 9.07 Å². The van der Waals surface area contributed by atoms with Gasteiger partial charge < -0.3 is 5.11 Å². The van der Waals surface area contributed by atoms with Crippen LogP contribution in [0.3, 0.4) is 0 Å². The van der Waals surface area contributed by atoms with E-state index in [0.717, 1.165) is 42.6 Å². The van der Waals surface area contributed by atoms with Gasteiger partial charge in [0.1, 0.15) is 5.82 Å². The summed E-state index contributed by atoms with van der Waals surface area (Å²) >= 11 is 0. The molecular formula is C27H31FN2OS. The van der Waals surface area contributed by atoms with Gasteiger partial charge in [0, 0.05) is 0 Å². The molecule has 2 unspecified atom stereocenters. The summed E-state index contributed by atoms with van der Waals surface area (Å²) in [7, 11) is 0. The Morgan fingerprint density at radius 3 is 2.50 bits per heavy atom. The molecule has 1 aromatic heterocycles. The maximum atomic E-state index is 13.4. The predicted octanol–water partition coefficient (Wildman–Crippen LogP) is 6.22. The van der Waals surface area contributed by atoms with Crippen LogP contribution in [0, 0.1) is 31.0 Å². The molecule has 2 aliphatic carbocycles. The molecule has 2 aromatic carbocycles. The van der Waals surface area contributed by atoms with Crippen molar-refractivity contribution in [1.29, 1.82) is 0 Å². The lowest BCUT2D eigenvalue weighted by Gasteiger charge is -2.47. The van der Waals surface area contributed by atoms with Crippen LogP contribution >= 0.6 is 13.5 Å². The van der Waals surface area contributed by atoms with Crippen LogP contribution in [0.2, 0.25) is 0 Å². The number of allylic oxidation sites excluding steroid dienone is 1. The summed E-state index contributed by atoms with van der Waals surface area (Å²) in [5, 5.41) is 16.1. The molecule has 0 radical (unpaired) electrons. The summed E-state index contributed by atoms with van der Waals surface area (Å²) in [6, 6.07) is 12.9. The van der Waals surface area contributed by atoms with Crippen molar-refractivity contribution in [2.75, 3.05) is 0 Å². The molecule has 1 heterocycles. The smallest absolute Gasteiger partial charge is 0.123 e. The Morgan fingerprint density at radius 1 is 1.12 bits per heavy atom. The molecule has 3 aromatic rings. The van der Waals surface area contributed by atoms with E-state index in [-0.39, 0.29) is 30.6 Å². The summed E-state index contributed by atoms with van der Waals surface area (Å²) in [6.07, 6.45) is 7.72. The number of halogens is 1. The number of hydrogen-bond acceptors (Lipinski definition) is 2. The molecule has 0 amide bonds. The standard InChI is InChI=1S/C27H29FN2O.H2S/c1-17-11-18(2)13-19(12-17)26(31)24-6-4-5-21-14-25-20(15-27(21,24)3)16-29-30(25)23-9-7-22(28)8-10-23;/h7-14,16,24,26,31H,4-6,15H2,1-3H3;1H2/t24?,26-,27?;/m0./s1. The third kappa shape index (κ3) is 3.82. The van der Waals surface area contributed by atoms with Gasteiger partial charge in [-0.15, -0.1) is 0 Å². The molecule has 0 aliphatic heterocycles. The van der Waals surface area contributed by atoms with Gasteiger partial charge in [-0.2, -0.15) is 18.6 Å². The molecule has 1 fully saturated rings. The number of nitrogens with zero attached hydrogens (tertiary/aromatic N) is 2. The quantitative estimate of drug-likeness (QED) is 0.514. The minimum atomic E-state index is -0.485. The molecule has 0 saturated heterocycles. The van der Waals surface area contributed by atoms with Crippen LogP contribution in [0.15, 0.2) is 54.2 Å². The Morgan fingerprint density at radius 2 is 1.81 bits per heavy atom. The van der Waals surface area contributed by atoms with Crippen molar-refractivity contribution in [3.63, 3.8) is 0 Å². The highest BCUT2D eigenvalue weighted by Gasteiger charge is 2.46. The minimum Gasteiger partial charge on any atom is -0.388 e. The van der Waals surface area contributed by atoms with Crippen molar-refractivity contribution in [2.45, 2.75) is 52.6 Å². The van der Waals surface area contributed by atoms with Crippen LogP contribution in [-0.4, -0.2) is 14.9 Å². The summed E-state index contributed by atoms with van der Waals surface area (Å²) in [4.78, 5) is 0. The second-order valence-corrected chi connectivity index (χ2v) is 9.57. The first-order valence-electron chi connectivity index (χ1n) is 11.2. The van der Waals surface area contributed by atoms with E-state index in [2.05, 4.69) is 50.1 Å². The first-order chi connectivity index (χ1) is 14.8. The van der Waals surface area contributed by atoms with Gasteiger partial charge >= 0.3 is 0 Å². The molecule has 5 heteroatoms. The molecule has 1 saturated carbocycles. The largest absolute Gasteiger partial charge is 0.388 e. The van der Waals surface area contributed by atoms with Crippen LogP contribution in [0.25, 0.3) is 11.8 Å². The number of aliphatic hydroxyl groups excluding tert-OH is 1. The number of aromatic nitrogens is 2. The van der Waals surface area contributed by atoms with Crippen LogP contribution in [-0.2, 0) is 6.42 Å². The Balaban J connectivity index is 0.00000245. The number of benzene rings is 2. The SMILES string of the molecule is Cc1cc(C)cc([C@H](O)C2CCCC3=Cc4c(cnn4-c4ccc(F)cc4)CC32C)c1.S. The van der Waals surface area contributed by atoms with Gasteiger partial charge in [0.05, 0.1) is 23.7 Å². The van der Waals surface area contributed by atoms with Gasteiger partial charge in [-0.3, -0.25) is 0 Å². The fraction of sp³-hybridized carbons (Fsp3) is 0.370. The van der Waals surface area contributed by atoms with Gasteiger partial charge in [0.15, 0.2) is 0 Å². The third-order valence-corrected chi connectivity index (χ3v) is 7.31. The number of hydrogen-bond donors (Lipinski definition) is 1. The Labute approximate surface area is 196 Å². The van der Waals surface area contributed by atoms with E-state index in [1.54, 1.807) is 12.1 Å². The fourth-order valence-electron chi connectivity index (χ4n) is 5.79. The van der Waals surface area contributed by atoms with E-state index in [4.69, 9.17) is 0 Å². The maximum absolute atomic E-state index is 13.4. The molecular weight excluding hydrogens is 419 g/mol. The van der Waals surface area contributed by atoms with Gasteiger partial charge in [-0.05, 0) is 92.3 Å². The van der Waals surface area contributed by atoms with Gasteiger partial charge in [0.2, 0.25) is 0 Å². The first-order valence-corrected chi connectivity index (χ1v) is 11.2. The lowest BCUT2D eigenvalue weighted by atomic mass is 9.57. The van der Waals surface area contributed by atoms with E-state index in [0.29, 0.717) is 0 Å². The summed E-state index contributed by atoms with van der Waals surface area (Å²) in [6.45, 7) is 6.49. The zero-order valence-electron chi connectivity index (χ0n) is 18.9. The summed E-state index contributed by atoms with van der Waals surface area (Å²) in [5.74, 6) is -0.0813. The van der Waals surface area contributed by atoms with E-state index in [1.807, 2.05) is 10.9 Å². The highest BCUT2D eigenvalue weighted by molar-refractivity contribution is 7.59. The highest BCUT2D eigenvalue weighted by Crippen LogP contribution is 2.54. The molecule has 0 spiro atoms. The average Bonchev–Trinajstić information content (AvgIpc) is 3.12. The van der Waals surface area contributed by atoms with Crippen LogP contribution in [0.4, 0.5) is 4.39 Å². The topological polar surface area (TPSA) is 38.1 Å². The van der Waals surface area contributed by atoms with Crippen molar-refractivity contribution in [3.8, 4) is 5.69 Å². The summed E-state index contributed by atoms with van der Waals surface area (Å²) < 4.78 is 15.3. The summed E-state index contributed by atoms with van der Waals surface area (Å²) in [5.41, 5.74) is 7.84. The second-order valence-electron chi connectivity index (χ2n) is 9.57. The average molecular weight is 451 g/mol. The maximum Gasteiger partial charge on any atom is 0.123 e. The second kappa shape index (κ2) is 8.53. The third-order valence-electron chi connectivity index (χ3n) is 7.31. The lowest BCUT2D eigenvalue weighted by molar-refractivity contribution is 0.0216. The molecule has 3 nitrogen and oxygen atoms in total. The van der Waals surface area contributed by atoms with E-state index < -0.39 is 6.10 Å². The zero-order valence-corrected chi connectivity index (χ0v) is 19.9. The highest BCUT2D eigenvalue weighted by atomic mass is 32.1. The van der Waals surface area contributed by atoms with Gasteiger partial charge in [0.25, 0.3) is 0 Å². The van der Waals surface area contributed by atoms with Crippen molar-refractivity contribution >= 4 is 19.6 Å². The molecule has 5 rings (SSSR count). The Kier molecular flexibility index (Phi) is 6.08. The van der Waals surface area contributed by atoms with Crippen LogP contribution in [0.5, 0.6) is 0 Å². The van der Waals surface area contributed by atoms with Crippen molar-refractivity contribution in [2.24, 2.45) is 11.3 Å². The van der Waals surface area contributed by atoms with E-state index >= 15 is 0 Å². The number of fused-ring (bicyclic) bond motifs is 2. The number of rotatable bonds is 3. The molecule has 32 heavy (non-hydrogen) atoms. The van der Waals surface area contributed by atoms with Crippen molar-refractivity contribution < 1.29 is 9.50 Å². The Bertz CT molecular complexity index is 1150. The van der Waals surface area contributed by atoms with Crippen molar-refractivity contribution in [1.82, 2.24) is 9.78 Å². The zero-order chi connectivity index (χ0) is 21.8. The molecule has 0 bridgehead atoms. The van der Waals surface area contributed by atoms with Crippen LogP contribution < -0.4 is 0 Å². The number of aryl methyl sites for hydroxylation is 2. The normalized spacial score (nSPS) is 22.9. The van der Waals surface area contributed by atoms with Crippen LogP contribution in [0.1, 0.15) is 60.2 Å². The molecule has 3 atom stereocenters. The molecule has 2 aliphatic rings. The van der Waals surface area contributed by atoms with Gasteiger partial charge in [-0.1, -0.05) is 41.8 Å². The lowest BCUT2D eigenvalue weighted by Crippen LogP contribution is -2.40. The predicted molar refractivity (Wildman–Crippen MR) is 132 cm³/mol. The fourth-order valence-corrected chi connectivity index (χ4v) is 5.79. The first kappa shape index (κ1) is 22.8. The Hall–Kier alpha value is -2.37. The monoisotopic (exact) mass is 450 g/mol. The molecule has 168 valence electrons. The van der Waals surface area contributed by atoms with E-state index in [1.165, 1.54) is 34.4 Å². The number of aliphatic hydroxyl groups is 1. The molecule has 1 N–H and O–H groups in total. The van der Waals surface area contributed by atoms with Crippen molar-refractivity contribution in [3.05, 3.63) is 88.0 Å². The van der Waals surface area contributed by atoms with E-state index in [9.17, 15) is 9.50 Å². The minimum absolute atomic E-state index is 0.